The van der Waals surface area contributed by atoms with Crippen LogP contribution in [0.1, 0.15) is 0 Å². The van der Waals surface area contributed by atoms with Crippen LogP contribution in [0, 0.1) is 0 Å². The highest BCUT2D eigenvalue weighted by Crippen LogP contribution is 2.30. The van der Waals surface area contributed by atoms with E-state index in [4.69, 9.17) is 23.2 Å². The van der Waals surface area contributed by atoms with E-state index in [1.54, 1.807) is 41.4 Å². The van der Waals surface area contributed by atoms with Crippen molar-refractivity contribution in [3.8, 4) is 5.82 Å². The molecule has 3 N–H and O–H groups in total. The van der Waals surface area contributed by atoms with Crippen molar-refractivity contribution >= 4 is 67.5 Å². The smallest absolute Gasteiger partial charge is 0.319 e. The number of piperazine rings is 1. The van der Waals surface area contributed by atoms with E-state index in [2.05, 4.69) is 20.7 Å². The number of carbonyl (C=O) groups excluding carboxylic acids is 1. The second kappa shape index (κ2) is 10.7. The Morgan fingerprint density at radius 1 is 1.08 bits per heavy atom. The number of nitrogens with one attached hydrogen (secondary N) is 2. The summed E-state index contributed by atoms with van der Waals surface area (Å²) in [6.07, 6.45) is 4.93. The standard InChI is InChI=1S/C24H21Cl2N7O5S/c25-16-8-17(26)10-19(9-16)39(37,38)33(30-13-24(35)36)18-1-2-20-15(7-18)3-5-32(20)22-12-28-21(11-29-22)31-6-4-27-23(34)14-31/h1-3,5,7-12,30H,4,6,13-14H2,(H,27,34)(H,35,36). The summed E-state index contributed by atoms with van der Waals surface area (Å²) in [6.45, 7) is 0.712. The lowest BCUT2D eigenvalue weighted by Gasteiger charge is -2.27. The number of carbonyl (C=O) groups is 2. The van der Waals surface area contributed by atoms with E-state index < -0.39 is 22.5 Å². The number of benzene rings is 2. The van der Waals surface area contributed by atoms with Crippen molar-refractivity contribution < 1.29 is 23.1 Å². The molecular formula is C24H21Cl2N7O5S. The Balaban J connectivity index is 1.48. The molecule has 0 radical (unpaired) electrons. The first-order chi connectivity index (χ1) is 18.6. The van der Waals surface area contributed by atoms with Gasteiger partial charge in [-0.2, -0.15) is 12.8 Å². The van der Waals surface area contributed by atoms with Crippen molar-refractivity contribution in [3.63, 3.8) is 0 Å². The highest BCUT2D eigenvalue weighted by molar-refractivity contribution is 7.92. The number of carboxylic acid groups (broad SMARTS) is 1. The van der Waals surface area contributed by atoms with Crippen LogP contribution in [0.5, 0.6) is 0 Å². The number of anilines is 2. The van der Waals surface area contributed by atoms with Crippen molar-refractivity contribution in [3.05, 3.63) is 71.1 Å². The first kappa shape index (κ1) is 26.7. The van der Waals surface area contributed by atoms with Gasteiger partial charge in [-0.3, -0.25) is 14.2 Å². The van der Waals surface area contributed by atoms with Gasteiger partial charge in [-0.1, -0.05) is 23.2 Å². The molecule has 0 unspecified atom stereocenters. The lowest BCUT2D eigenvalue weighted by atomic mass is 10.2. The number of halogens is 2. The quantitative estimate of drug-likeness (QED) is 0.263. The molecule has 0 bridgehead atoms. The Morgan fingerprint density at radius 3 is 2.46 bits per heavy atom. The summed E-state index contributed by atoms with van der Waals surface area (Å²) in [4.78, 5) is 33.5. The number of sulfonamides is 1. The molecule has 1 aliphatic heterocycles. The SMILES string of the molecule is O=C(O)CNN(c1ccc2c(ccn2-c2cnc(N3CCNC(=O)C3)cn2)c1)S(=O)(=O)c1cc(Cl)cc(Cl)c1. The van der Waals surface area contributed by atoms with Gasteiger partial charge in [-0.25, -0.2) is 15.4 Å². The van der Waals surface area contributed by atoms with Gasteiger partial charge in [0.1, 0.15) is 12.4 Å². The topological polar surface area (TPSA) is 150 Å². The molecule has 1 fully saturated rings. The number of rotatable bonds is 8. The minimum Gasteiger partial charge on any atom is -0.480 e. The van der Waals surface area contributed by atoms with Crippen LogP contribution in [0.4, 0.5) is 11.5 Å². The molecule has 39 heavy (non-hydrogen) atoms. The van der Waals surface area contributed by atoms with Crippen molar-refractivity contribution in [1.82, 2.24) is 25.3 Å². The van der Waals surface area contributed by atoms with E-state index in [1.165, 1.54) is 24.3 Å². The van der Waals surface area contributed by atoms with E-state index in [0.717, 1.165) is 4.41 Å². The number of aliphatic carboxylic acids is 1. The molecule has 2 aromatic heterocycles. The first-order valence-corrected chi connectivity index (χ1v) is 13.7. The van der Waals surface area contributed by atoms with Crippen LogP contribution in [0.2, 0.25) is 10.0 Å². The van der Waals surface area contributed by atoms with Gasteiger partial charge >= 0.3 is 5.97 Å². The monoisotopic (exact) mass is 589 g/mol. The molecule has 15 heteroatoms. The fourth-order valence-corrected chi connectivity index (χ4v) is 6.17. The highest BCUT2D eigenvalue weighted by Gasteiger charge is 2.27. The molecular weight excluding hydrogens is 569 g/mol. The number of carboxylic acids is 1. The molecule has 0 saturated carbocycles. The number of nitrogens with zero attached hydrogens (tertiary/aromatic N) is 5. The molecule has 202 valence electrons. The largest absolute Gasteiger partial charge is 0.480 e. The minimum atomic E-state index is -4.30. The van der Waals surface area contributed by atoms with Crippen molar-refractivity contribution in [2.75, 3.05) is 35.5 Å². The first-order valence-electron chi connectivity index (χ1n) is 11.5. The Kier molecular flexibility index (Phi) is 7.32. The Morgan fingerprint density at radius 2 is 1.79 bits per heavy atom. The average molecular weight is 590 g/mol. The molecule has 1 amide bonds. The third kappa shape index (κ3) is 5.61. The van der Waals surface area contributed by atoms with Gasteiger partial charge in [-0.15, -0.1) is 0 Å². The predicted molar refractivity (Wildman–Crippen MR) is 146 cm³/mol. The van der Waals surface area contributed by atoms with Gasteiger partial charge in [-0.05, 0) is 42.5 Å². The van der Waals surface area contributed by atoms with Gasteiger partial charge in [0.2, 0.25) is 5.91 Å². The zero-order valence-corrected chi connectivity index (χ0v) is 22.4. The molecule has 12 nitrogen and oxygen atoms in total. The summed E-state index contributed by atoms with van der Waals surface area (Å²) < 4.78 is 29.5. The molecule has 4 aromatic rings. The van der Waals surface area contributed by atoms with Crippen molar-refractivity contribution in [2.24, 2.45) is 0 Å². The van der Waals surface area contributed by atoms with Crippen LogP contribution in [-0.4, -0.2) is 66.1 Å². The number of fused-ring (bicyclic) bond motifs is 1. The van der Waals surface area contributed by atoms with Crippen LogP contribution in [0.3, 0.4) is 0 Å². The third-order valence-electron chi connectivity index (χ3n) is 5.89. The number of hydrogen-bond acceptors (Lipinski definition) is 8. The molecule has 3 heterocycles. The van der Waals surface area contributed by atoms with E-state index in [-0.39, 0.29) is 33.1 Å². The molecule has 0 aliphatic carbocycles. The molecule has 0 atom stereocenters. The summed E-state index contributed by atoms with van der Waals surface area (Å²) in [5.41, 5.74) is 3.33. The van der Waals surface area contributed by atoms with Gasteiger partial charge in [0.25, 0.3) is 10.0 Å². The number of hydrogen-bond donors (Lipinski definition) is 3. The van der Waals surface area contributed by atoms with Crippen LogP contribution in [0.15, 0.2) is 66.0 Å². The second-order valence-corrected chi connectivity index (χ2v) is 11.2. The average Bonchev–Trinajstić information content (AvgIpc) is 3.31. The maximum Gasteiger partial charge on any atom is 0.319 e. The van der Waals surface area contributed by atoms with Gasteiger partial charge in [0.05, 0.1) is 35.0 Å². The fourth-order valence-electron chi connectivity index (χ4n) is 4.13. The summed E-state index contributed by atoms with van der Waals surface area (Å²) in [7, 11) is -4.30. The zero-order valence-electron chi connectivity index (χ0n) is 20.1. The number of amides is 1. The minimum absolute atomic E-state index is 0.0771. The zero-order chi connectivity index (χ0) is 27.7. The molecule has 5 rings (SSSR count). The molecule has 1 aliphatic rings. The number of hydrazine groups is 1. The molecule has 0 spiro atoms. The van der Waals surface area contributed by atoms with E-state index in [0.29, 0.717) is 35.6 Å². The van der Waals surface area contributed by atoms with Crippen LogP contribution < -0.4 is 20.1 Å². The summed E-state index contributed by atoms with van der Waals surface area (Å²) >= 11 is 12.0. The summed E-state index contributed by atoms with van der Waals surface area (Å²) in [6, 6.07) is 10.4. The highest BCUT2D eigenvalue weighted by atomic mass is 35.5. The summed E-state index contributed by atoms with van der Waals surface area (Å²) in [5.74, 6) is -0.228. The maximum atomic E-state index is 13.5. The van der Waals surface area contributed by atoms with E-state index >= 15 is 0 Å². The second-order valence-electron chi connectivity index (χ2n) is 8.54. The predicted octanol–water partition coefficient (Wildman–Crippen LogP) is 2.45. The van der Waals surface area contributed by atoms with Crippen LogP contribution >= 0.6 is 23.2 Å². The van der Waals surface area contributed by atoms with Crippen LogP contribution in [-0.2, 0) is 19.6 Å². The number of aromatic nitrogens is 3. The van der Waals surface area contributed by atoms with E-state index in [1.807, 2.05) is 4.90 Å². The lowest BCUT2D eigenvalue weighted by molar-refractivity contribution is -0.135. The Hall–Kier alpha value is -3.91. The molecule has 1 saturated heterocycles. The van der Waals surface area contributed by atoms with Crippen molar-refractivity contribution in [1.29, 1.82) is 0 Å². The van der Waals surface area contributed by atoms with E-state index in [9.17, 15) is 23.1 Å². The molecule has 2 aromatic carbocycles. The fraction of sp³-hybridized carbons (Fsp3) is 0.167. The Bertz CT molecular complexity index is 1660. The van der Waals surface area contributed by atoms with Gasteiger partial charge < -0.3 is 15.3 Å². The van der Waals surface area contributed by atoms with Gasteiger partial charge in [0.15, 0.2) is 5.82 Å². The van der Waals surface area contributed by atoms with Gasteiger partial charge in [0, 0.05) is 34.7 Å². The summed E-state index contributed by atoms with van der Waals surface area (Å²) in [5, 5.41) is 12.8. The van der Waals surface area contributed by atoms with Crippen LogP contribution in [0.25, 0.3) is 16.7 Å². The third-order valence-corrected chi connectivity index (χ3v) is 7.98. The normalized spacial score (nSPS) is 13.9. The maximum absolute atomic E-state index is 13.5. The Labute approximate surface area is 232 Å². The van der Waals surface area contributed by atoms with Crippen molar-refractivity contribution in [2.45, 2.75) is 4.90 Å². The lowest BCUT2D eigenvalue weighted by Crippen LogP contribution is -2.48.